The Morgan fingerprint density at radius 2 is 1.56 bits per heavy atom. The second-order valence-electron chi connectivity index (χ2n) is 6.46. The van der Waals surface area contributed by atoms with E-state index >= 15 is 0 Å². The Bertz CT molecular complexity index is 886. The van der Waals surface area contributed by atoms with Crippen LogP contribution < -0.4 is 14.8 Å². The number of anilines is 1. The predicted octanol–water partition coefficient (Wildman–Crippen LogP) is 4.90. The molecular weight excluding hydrogens is 338 g/mol. The molecular formula is C23H23NO3. The van der Waals surface area contributed by atoms with Crippen molar-refractivity contribution in [2.45, 2.75) is 20.5 Å². The molecule has 1 N–H and O–H groups in total. The molecule has 0 aromatic heterocycles. The maximum atomic E-state index is 12.2. The Kier molecular flexibility index (Phi) is 6.10. The van der Waals surface area contributed by atoms with Gasteiger partial charge in [0.2, 0.25) is 0 Å². The van der Waals surface area contributed by atoms with E-state index in [2.05, 4.69) is 11.4 Å². The van der Waals surface area contributed by atoms with E-state index < -0.39 is 0 Å². The highest BCUT2D eigenvalue weighted by molar-refractivity contribution is 5.92. The van der Waals surface area contributed by atoms with Crippen LogP contribution in [-0.2, 0) is 11.4 Å². The van der Waals surface area contributed by atoms with Gasteiger partial charge in [-0.05, 0) is 54.8 Å². The summed E-state index contributed by atoms with van der Waals surface area (Å²) in [5, 5.41) is 2.84. The molecule has 0 aliphatic heterocycles. The Hall–Kier alpha value is -3.27. The van der Waals surface area contributed by atoms with Crippen LogP contribution in [0.2, 0.25) is 0 Å². The minimum absolute atomic E-state index is 0.0437. The van der Waals surface area contributed by atoms with Crippen molar-refractivity contribution in [2.24, 2.45) is 0 Å². The molecule has 0 saturated carbocycles. The molecule has 0 bridgehead atoms. The van der Waals surface area contributed by atoms with E-state index in [1.807, 2.05) is 74.5 Å². The van der Waals surface area contributed by atoms with Gasteiger partial charge in [0.25, 0.3) is 5.91 Å². The van der Waals surface area contributed by atoms with Crippen molar-refractivity contribution in [3.63, 3.8) is 0 Å². The van der Waals surface area contributed by atoms with Crippen LogP contribution >= 0.6 is 0 Å². The molecule has 0 heterocycles. The van der Waals surface area contributed by atoms with Crippen LogP contribution in [-0.4, -0.2) is 12.5 Å². The van der Waals surface area contributed by atoms with Crippen LogP contribution in [0, 0.1) is 13.8 Å². The van der Waals surface area contributed by atoms with E-state index in [-0.39, 0.29) is 12.5 Å². The average molecular weight is 361 g/mol. The molecule has 1 amide bonds. The van der Waals surface area contributed by atoms with E-state index in [0.717, 1.165) is 16.7 Å². The number of aryl methyl sites for hydroxylation is 2. The van der Waals surface area contributed by atoms with Gasteiger partial charge in [-0.25, -0.2) is 0 Å². The van der Waals surface area contributed by atoms with Crippen molar-refractivity contribution in [1.29, 1.82) is 0 Å². The van der Waals surface area contributed by atoms with Gasteiger partial charge in [0.15, 0.2) is 6.61 Å². The normalized spacial score (nSPS) is 10.3. The number of hydrogen-bond donors (Lipinski definition) is 1. The fourth-order valence-electron chi connectivity index (χ4n) is 2.77. The second kappa shape index (κ2) is 8.90. The molecule has 3 aromatic carbocycles. The number of nitrogens with one attached hydrogen (secondary N) is 1. The van der Waals surface area contributed by atoms with Crippen molar-refractivity contribution in [3.05, 3.63) is 89.5 Å². The highest BCUT2D eigenvalue weighted by atomic mass is 16.5. The number of rotatable bonds is 7. The second-order valence-corrected chi connectivity index (χ2v) is 6.46. The number of ether oxygens (including phenoxy) is 2. The summed E-state index contributed by atoms with van der Waals surface area (Å²) in [4.78, 5) is 12.2. The van der Waals surface area contributed by atoms with Gasteiger partial charge >= 0.3 is 0 Å². The Morgan fingerprint density at radius 1 is 0.815 bits per heavy atom. The zero-order valence-corrected chi connectivity index (χ0v) is 15.6. The van der Waals surface area contributed by atoms with Gasteiger partial charge in [-0.3, -0.25) is 4.79 Å². The molecule has 0 aliphatic rings. The third-order valence-electron chi connectivity index (χ3n) is 3.93. The lowest BCUT2D eigenvalue weighted by Crippen LogP contribution is -2.20. The first-order valence-corrected chi connectivity index (χ1v) is 8.86. The van der Waals surface area contributed by atoms with Gasteiger partial charge in [-0.2, -0.15) is 0 Å². The smallest absolute Gasteiger partial charge is 0.262 e. The fourth-order valence-corrected chi connectivity index (χ4v) is 2.77. The van der Waals surface area contributed by atoms with Gasteiger partial charge in [-0.15, -0.1) is 0 Å². The number of amides is 1. The summed E-state index contributed by atoms with van der Waals surface area (Å²) in [6.45, 7) is 4.44. The van der Waals surface area contributed by atoms with E-state index in [9.17, 15) is 4.79 Å². The predicted molar refractivity (Wildman–Crippen MR) is 107 cm³/mol. The molecule has 0 saturated heterocycles. The van der Waals surface area contributed by atoms with Crippen molar-refractivity contribution >= 4 is 11.6 Å². The molecule has 0 aliphatic carbocycles. The van der Waals surface area contributed by atoms with Crippen LogP contribution in [0.5, 0.6) is 11.5 Å². The van der Waals surface area contributed by atoms with Crippen molar-refractivity contribution in [2.75, 3.05) is 11.9 Å². The highest BCUT2D eigenvalue weighted by Crippen LogP contribution is 2.19. The quantitative estimate of drug-likeness (QED) is 0.651. The third-order valence-corrected chi connectivity index (χ3v) is 3.93. The van der Waals surface area contributed by atoms with E-state index in [1.54, 1.807) is 6.07 Å². The van der Waals surface area contributed by atoms with Gasteiger partial charge in [0.1, 0.15) is 18.1 Å². The lowest BCUT2D eigenvalue weighted by Gasteiger charge is -2.11. The van der Waals surface area contributed by atoms with Crippen LogP contribution in [0.4, 0.5) is 5.69 Å². The number of hydrogen-bond acceptors (Lipinski definition) is 3. The van der Waals surface area contributed by atoms with Gasteiger partial charge in [0, 0.05) is 11.8 Å². The van der Waals surface area contributed by atoms with Gasteiger partial charge in [0.05, 0.1) is 0 Å². The van der Waals surface area contributed by atoms with Crippen LogP contribution in [0.1, 0.15) is 16.7 Å². The lowest BCUT2D eigenvalue weighted by atomic mass is 10.1. The summed E-state index contributed by atoms with van der Waals surface area (Å²) in [5.41, 5.74) is 3.98. The standard InChI is InChI=1S/C23H23NO3/c1-17-11-18(2)13-22(12-17)27-16-23(25)24-20-9-6-10-21(14-20)26-15-19-7-4-3-5-8-19/h3-14H,15-16H2,1-2H3,(H,24,25). The van der Waals surface area contributed by atoms with E-state index in [1.165, 1.54) is 0 Å². The van der Waals surface area contributed by atoms with Crippen LogP contribution in [0.3, 0.4) is 0 Å². The summed E-state index contributed by atoms with van der Waals surface area (Å²) >= 11 is 0. The van der Waals surface area contributed by atoms with Crippen molar-refractivity contribution < 1.29 is 14.3 Å². The lowest BCUT2D eigenvalue weighted by molar-refractivity contribution is -0.118. The molecule has 4 heteroatoms. The maximum Gasteiger partial charge on any atom is 0.262 e. The summed E-state index contributed by atoms with van der Waals surface area (Å²) in [6.07, 6.45) is 0. The van der Waals surface area contributed by atoms with Crippen LogP contribution in [0.25, 0.3) is 0 Å². The zero-order valence-electron chi connectivity index (χ0n) is 15.6. The molecule has 138 valence electrons. The average Bonchev–Trinajstić information content (AvgIpc) is 2.65. The number of carbonyl (C=O) groups excluding carboxylic acids is 1. The minimum Gasteiger partial charge on any atom is -0.489 e. The number of benzene rings is 3. The summed E-state index contributed by atoms with van der Waals surface area (Å²) < 4.78 is 11.4. The van der Waals surface area contributed by atoms with Gasteiger partial charge < -0.3 is 14.8 Å². The molecule has 0 atom stereocenters. The van der Waals surface area contributed by atoms with Crippen molar-refractivity contribution in [1.82, 2.24) is 0 Å². The van der Waals surface area contributed by atoms with E-state index in [0.29, 0.717) is 23.8 Å². The monoisotopic (exact) mass is 361 g/mol. The number of carbonyl (C=O) groups is 1. The maximum absolute atomic E-state index is 12.2. The molecule has 0 radical (unpaired) electrons. The largest absolute Gasteiger partial charge is 0.489 e. The SMILES string of the molecule is Cc1cc(C)cc(OCC(=O)Nc2cccc(OCc3ccccc3)c2)c1. The molecule has 0 fully saturated rings. The zero-order chi connectivity index (χ0) is 19.1. The Morgan fingerprint density at radius 3 is 2.30 bits per heavy atom. The minimum atomic E-state index is -0.214. The molecule has 27 heavy (non-hydrogen) atoms. The first kappa shape index (κ1) is 18.5. The van der Waals surface area contributed by atoms with E-state index in [4.69, 9.17) is 9.47 Å². The first-order chi connectivity index (χ1) is 13.1. The summed E-state index contributed by atoms with van der Waals surface area (Å²) in [7, 11) is 0. The molecule has 0 unspecified atom stereocenters. The van der Waals surface area contributed by atoms with Crippen molar-refractivity contribution in [3.8, 4) is 11.5 Å². The summed E-state index contributed by atoms with van der Waals surface area (Å²) in [6, 6.07) is 23.2. The Labute approximate surface area is 159 Å². The molecule has 3 rings (SSSR count). The van der Waals surface area contributed by atoms with Crippen LogP contribution in [0.15, 0.2) is 72.8 Å². The molecule has 3 aromatic rings. The fraction of sp³-hybridized carbons (Fsp3) is 0.174. The highest BCUT2D eigenvalue weighted by Gasteiger charge is 2.06. The topological polar surface area (TPSA) is 47.6 Å². The third kappa shape index (κ3) is 5.89. The first-order valence-electron chi connectivity index (χ1n) is 8.86. The molecule has 4 nitrogen and oxygen atoms in total. The summed E-state index contributed by atoms with van der Waals surface area (Å²) in [5.74, 6) is 1.18. The van der Waals surface area contributed by atoms with Gasteiger partial charge in [-0.1, -0.05) is 42.5 Å². The molecule has 0 spiro atoms. The Balaban J connectivity index is 1.53.